The summed E-state index contributed by atoms with van der Waals surface area (Å²) in [6, 6.07) is 4.18. The Morgan fingerprint density at radius 3 is 2.80 bits per heavy atom. The molecular formula is C18H24N4O3. The van der Waals surface area contributed by atoms with Gasteiger partial charge in [-0.2, -0.15) is 0 Å². The molecule has 2 amide bonds. The highest BCUT2D eigenvalue weighted by molar-refractivity contribution is 5.82. The van der Waals surface area contributed by atoms with Gasteiger partial charge in [-0.05, 0) is 24.5 Å². The number of morpholine rings is 1. The van der Waals surface area contributed by atoms with E-state index in [1.807, 2.05) is 28.1 Å². The number of ether oxygens (including phenoxy) is 1. The Kier molecular flexibility index (Phi) is 4.67. The van der Waals surface area contributed by atoms with Crippen molar-refractivity contribution in [3.05, 3.63) is 30.1 Å². The Morgan fingerprint density at radius 2 is 2.12 bits per heavy atom. The van der Waals surface area contributed by atoms with Gasteiger partial charge in [-0.25, -0.2) is 0 Å². The highest BCUT2D eigenvalue weighted by Crippen LogP contribution is 2.41. The Morgan fingerprint density at radius 1 is 1.32 bits per heavy atom. The fraction of sp³-hybridized carbons (Fsp3) is 0.611. The number of nitrogens with one attached hydrogen (secondary N) is 1. The highest BCUT2D eigenvalue weighted by atomic mass is 16.5. The normalized spacial score (nSPS) is 27.0. The van der Waals surface area contributed by atoms with E-state index >= 15 is 0 Å². The molecular weight excluding hydrogens is 320 g/mol. The van der Waals surface area contributed by atoms with Crippen LogP contribution in [0.25, 0.3) is 0 Å². The van der Waals surface area contributed by atoms with Crippen LogP contribution < -0.4 is 5.32 Å². The molecule has 7 heteroatoms. The molecule has 2 atom stereocenters. The van der Waals surface area contributed by atoms with Crippen LogP contribution in [0, 0.1) is 0 Å². The molecule has 2 aliphatic heterocycles. The molecule has 0 aromatic carbocycles. The quantitative estimate of drug-likeness (QED) is 0.833. The first-order valence-electron chi connectivity index (χ1n) is 9.04. The molecule has 134 valence electrons. The van der Waals surface area contributed by atoms with E-state index < -0.39 is 0 Å². The van der Waals surface area contributed by atoms with Crippen molar-refractivity contribution in [3.63, 3.8) is 0 Å². The van der Waals surface area contributed by atoms with Crippen LogP contribution in [0.4, 0.5) is 0 Å². The monoisotopic (exact) mass is 344 g/mol. The van der Waals surface area contributed by atoms with Gasteiger partial charge in [0.15, 0.2) is 0 Å². The second kappa shape index (κ2) is 7.09. The Bertz CT molecular complexity index is 628. The van der Waals surface area contributed by atoms with Crippen LogP contribution in [-0.2, 0) is 14.3 Å². The molecule has 1 N–H and O–H groups in total. The van der Waals surface area contributed by atoms with Gasteiger partial charge in [-0.15, -0.1) is 0 Å². The van der Waals surface area contributed by atoms with E-state index in [0.717, 1.165) is 18.4 Å². The van der Waals surface area contributed by atoms with Gasteiger partial charge >= 0.3 is 0 Å². The fourth-order valence-corrected chi connectivity index (χ4v) is 3.81. The van der Waals surface area contributed by atoms with Crippen LogP contribution in [0.1, 0.15) is 30.9 Å². The topological polar surface area (TPSA) is 74.8 Å². The maximum atomic E-state index is 12.5. The lowest BCUT2D eigenvalue weighted by molar-refractivity contribution is -0.134. The molecule has 0 spiro atoms. The minimum atomic E-state index is -0.0534. The first kappa shape index (κ1) is 16.5. The summed E-state index contributed by atoms with van der Waals surface area (Å²) in [6.45, 7) is 2.74. The van der Waals surface area contributed by atoms with Crippen molar-refractivity contribution in [2.45, 2.75) is 37.4 Å². The highest BCUT2D eigenvalue weighted by Gasteiger charge is 2.47. The molecule has 3 heterocycles. The molecule has 1 saturated carbocycles. The second-order valence-electron chi connectivity index (χ2n) is 6.95. The summed E-state index contributed by atoms with van der Waals surface area (Å²) in [6.07, 6.45) is 6.15. The summed E-state index contributed by atoms with van der Waals surface area (Å²) in [4.78, 5) is 33.0. The maximum absolute atomic E-state index is 12.5. The van der Waals surface area contributed by atoms with Crippen LogP contribution >= 0.6 is 0 Å². The maximum Gasteiger partial charge on any atom is 0.236 e. The lowest BCUT2D eigenvalue weighted by Crippen LogP contribution is -2.47. The van der Waals surface area contributed by atoms with Crippen molar-refractivity contribution in [1.82, 2.24) is 20.1 Å². The number of carbonyl (C=O) groups excluding carboxylic acids is 2. The van der Waals surface area contributed by atoms with Crippen LogP contribution in [0.3, 0.4) is 0 Å². The molecule has 0 unspecified atom stereocenters. The number of nitrogens with zero attached hydrogens (tertiary/aromatic N) is 3. The summed E-state index contributed by atoms with van der Waals surface area (Å²) in [5.74, 6) is 0.248. The summed E-state index contributed by atoms with van der Waals surface area (Å²) < 4.78 is 5.29. The Labute approximate surface area is 147 Å². The smallest absolute Gasteiger partial charge is 0.236 e. The minimum absolute atomic E-state index is 0.0359. The molecule has 1 aliphatic carbocycles. The van der Waals surface area contributed by atoms with E-state index in [1.165, 1.54) is 0 Å². The summed E-state index contributed by atoms with van der Waals surface area (Å²) >= 11 is 0. The molecule has 1 aromatic rings. The van der Waals surface area contributed by atoms with E-state index in [4.69, 9.17) is 4.74 Å². The van der Waals surface area contributed by atoms with Crippen LogP contribution in [0.5, 0.6) is 0 Å². The molecule has 3 fully saturated rings. The largest absolute Gasteiger partial charge is 0.378 e. The number of carbonyl (C=O) groups is 2. The van der Waals surface area contributed by atoms with E-state index in [0.29, 0.717) is 38.8 Å². The second-order valence-corrected chi connectivity index (χ2v) is 6.95. The zero-order valence-electron chi connectivity index (χ0n) is 14.3. The van der Waals surface area contributed by atoms with Crippen LogP contribution in [-0.4, -0.2) is 71.5 Å². The SMILES string of the molecule is O=C(CN[C@@H]1CC(=O)N(C2CC2)[C@H]1c1cccnc1)N1CCOCC1. The van der Waals surface area contributed by atoms with Crippen LogP contribution in [0.2, 0.25) is 0 Å². The summed E-state index contributed by atoms with van der Waals surface area (Å²) in [5.41, 5.74) is 1.04. The van der Waals surface area contributed by atoms with E-state index in [9.17, 15) is 9.59 Å². The van der Waals surface area contributed by atoms with E-state index in [-0.39, 0.29) is 30.4 Å². The van der Waals surface area contributed by atoms with Crippen molar-refractivity contribution in [1.29, 1.82) is 0 Å². The molecule has 7 nitrogen and oxygen atoms in total. The average molecular weight is 344 g/mol. The van der Waals surface area contributed by atoms with Gasteiger partial charge in [-0.3, -0.25) is 14.6 Å². The Hall–Kier alpha value is -1.99. The zero-order valence-corrected chi connectivity index (χ0v) is 14.3. The van der Waals surface area contributed by atoms with Gasteiger partial charge in [0.25, 0.3) is 0 Å². The lowest BCUT2D eigenvalue weighted by Gasteiger charge is -2.30. The van der Waals surface area contributed by atoms with Gasteiger partial charge in [0.2, 0.25) is 11.8 Å². The minimum Gasteiger partial charge on any atom is -0.378 e. The predicted molar refractivity (Wildman–Crippen MR) is 90.7 cm³/mol. The molecule has 1 aromatic heterocycles. The van der Waals surface area contributed by atoms with Gasteiger partial charge < -0.3 is 19.9 Å². The van der Waals surface area contributed by atoms with Gasteiger partial charge in [0, 0.05) is 44.0 Å². The molecule has 3 aliphatic rings. The summed E-state index contributed by atoms with van der Waals surface area (Å²) in [5, 5.41) is 3.35. The number of likely N-dealkylation sites (tertiary alicyclic amines) is 1. The molecule has 2 saturated heterocycles. The number of hydrogen-bond acceptors (Lipinski definition) is 5. The first-order chi connectivity index (χ1) is 12.2. The zero-order chi connectivity index (χ0) is 17.2. The number of rotatable bonds is 5. The van der Waals surface area contributed by atoms with Gasteiger partial charge in [0.05, 0.1) is 25.8 Å². The third kappa shape index (κ3) is 3.52. The van der Waals surface area contributed by atoms with E-state index in [1.54, 1.807) is 6.20 Å². The third-order valence-electron chi connectivity index (χ3n) is 5.21. The number of hydrogen-bond donors (Lipinski definition) is 1. The van der Waals surface area contributed by atoms with Gasteiger partial charge in [-0.1, -0.05) is 6.07 Å². The number of aromatic nitrogens is 1. The third-order valence-corrected chi connectivity index (χ3v) is 5.21. The van der Waals surface area contributed by atoms with Crippen molar-refractivity contribution in [2.75, 3.05) is 32.8 Å². The fourth-order valence-electron chi connectivity index (χ4n) is 3.81. The molecule has 4 rings (SSSR count). The predicted octanol–water partition coefficient (Wildman–Crippen LogP) is 0.334. The van der Waals surface area contributed by atoms with Crippen molar-refractivity contribution in [3.8, 4) is 0 Å². The Balaban J connectivity index is 1.45. The molecule has 25 heavy (non-hydrogen) atoms. The number of amides is 2. The van der Waals surface area contributed by atoms with Crippen molar-refractivity contribution in [2.24, 2.45) is 0 Å². The first-order valence-corrected chi connectivity index (χ1v) is 9.04. The molecule has 0 bridgehead atoms. The van der Waals surface area contributed by atoms with E-state index in [2.05, 4.69) is 10.3 Å². The van der Waals surface area contributed by atoms with Gasteiger partial charge in [0.1, 0.15) is 0 Å². The molecule has 0 radical (unpaired) electrons. The average Bonchev–Trinajstić information content (AvgIpc) is 3.44. The van der Waals surface area contributed by atoms with Crippen molar-refractivity contribution >= 4 is 11.8 Å². The lowest BCUT2D eigenvalue weighted by atomic mass is 10.0. The number of pyridine rings is 1. The van der Waals surface area contributed by atoms with Crippen molar-refractivity contribution < 1.29 is 14.3 Å². The summed E-state index contributed by atoms with van der Waals surface area (Å²) in [7, 11) is 0. The standard InChI is InChI=1S/C18H24N4O3/c23-16-10-15(20-12-17(24)21-6-8-25-9-7-21)18(22(16)14-3-4-14)13-2-1-5-19-11-13/h1-2,5,11,14-15,18,20H,3-4,6-10,12H2/t15-,18+/m1/s1. The van der Waals surface area contributed by atoms with Crippen LogP contribution in [0.15, 0.2) is 24.5 Å².